The summed E-state index contributed by atoms with van der Waals surface area (Å²) < 4.78 is 12.7. The molecule has 66 valence electrons. The van der Waals surface area contributed by atoms with E-state index < -0.39 is 6.17 Å². The van der Waals surface area contributed by atoms with Crippen LogP contribution in [0.3, 0.4) is 0 Å². The molecule has 0 aliphatic heterocycles. The average Bonchev–Trinajstić information content (AvgIpc) is 2.63. The van der Waals surface area contributed by atoms with Gasteiger partial charge in [0.2, 0.25) is 0 Å². The minimum Gasteiger partial charge on any atom is -0.301 e. The van der Waals surface area contributed by atoms with E-state index in [1.165, 1.54) is 0 Å². The van der Waals surface area contributed by atoms with E-state index in [9.17, 15) is 4.39 Å². The molecule has 0 aromatic rings. The molecule has 1 fully saturated rings. The third kappa shape index (κ3) is 1.92. The summed E-state index contributed by atoms with van der Waals surface area (Å²) in [5, 5.41) is 0. The van der Waals surface area contributed by atoms with Crippen molar-refractivity contribution in [2.24, 2.45) is 5.92 Å². The Kier molecular flexibility index (Phi) is 2.53. The fourth-order valence-corrected chi connectivity index (χ4v) is 1.55. The molecule has 1 saturated carbocycles. The molecular weight excluding hydrogens is 141 g/mol. The maximum Gasteiger partial charge on any atom is 0.102 e. The molecule has 0 heterocycles. The fraction of sp³-hybridized carbons (Fsp3) is 1.00. The van der Waals surface area contributed by atoms with Gasteiger partial charge in [-0.1, -0.05) is 0 Å². The molecule has 0 aromatic carbocycles. The van der Waals surface area contributed by atoms with Crippen molar-refractivity contribution in [1.82, 2.24) is 4.90 Å². The molecule has 1 nitrogen and oxygen atoms in total. The Bertz CT molecular complexity index is 134. The van der Waals surface area contributed by atoms with Gasteiger partial charge in [0.05, 0.1) is 0 Å². The molecule has 1 rings (SSSR count). The number of rotatable bonds is 3. The first-order chi connectivity index (χ1) is 5.04. The standard InChI is InChI=1S/C9H18FN/c1-6(2)11(4)9-5-8(9)7(3)10/h6-9H,5H2,1-4H3. The maximum absolute atomic E-state index is 12.7. The number of hydrogen-bond acceptors (Lipinski definition) is 1. The molecule has 0 radical (unpaired) electrons. The Morgan fingerprint density at radius 2 is 1.91 bits per heavy atom. The van der Waals surface area contributed by atoms with E-state index >= 15 is 0 Å². The monoisotopic (exact) mass is 159 g/mol. The predicted molar refractivity (Wildman–Crippen MR) is 45.4 cm³/mol. The van der Waals surface area contributed by atoms with Gasteiger partial charge in [-0.05, 0) is 34.2 Å². The van der Waals surface area contributed by atoms with Gasteiger partial charge in [0.15, 0.2) is 0 Å². The van der Waals surface area contributed by atoms with Crippen molar-refractivity contribution in [2.45, 2.75) is 45.4 Å². The Balaban J connectivity index is 2.31. The summed E-state index contributed by atoms with van der Waals surface area (Å²) in [5.41, 5.74) is 0. The molecule has 0 aromatic heterocycles. The highest BCUT2D eigenvalue weighted by Crippen LogP contribution is 2.39. The second-order valence-corrected chi connectivity index (χ2v) is 3.90. The topological polar surface area (TPSA) is 3.24 Å². The van der Waals surface area contributed by atoms with Gasteiger partial charge in [-0.3, -0.25) is 0 Å². The van der Waals surface area contributed by atoms with Gasteiger partial charge in [0.1, 0.15) is 6.17 Å². The van der Waals surface area contributed by atoms with Gasteiger partial charge >= 0.3 is 0 Å². The second-order valence-electron chi connectivity index (χ2n) is 3.90. The lowest BCUT2D eigenvalue weighted by molar-refractivity contribution is 0.221. The highest BCUT2D eigenvalue weighted by Gasteiger charge is 2.44. The van der Waals surface area contributed by atoms with Crippen LogP contribution in [-0.4, -0.2) is 30.2 Å². The van der Waals surface area contributed by atoms with Gasteiger partial charge in [0, 0.05) is 18.0 Å². The Morgan fingerprint density at radius 1 is 1.36 bits per heavy atom. The normalized spacial score (nSPS) is 33.0. The van der Waals surface area contributed by atoms with Gasteiger partial charge in [0.25, 0.3) is 0 Å². The highest BCUT2D eigenvalue weighted by atomic mass is 19.1. The number of hydrogen-bond donors (Lipinski definition) is 0. The third-order valence-electron chi connectivity index (χ3n) is 2.73. The van der Waals surface area contributed by atoms with Crippen LogP contribution in [-0.2, 0) is 0 Å². The minimum absolute atomic E-state index is 0.308. The zero-order chi connectivity index (χ0) is 8.59. The molecule has 2 heteroatoms. The van der Waals surface area contributed by atoms with Crippen LogP contribution in [0.25, 0.3) is 0 Å². The average molecular weight is 159 g/mol. The molecule has 1 aliphatic carbocycles. The summed E-state index contributed by atoms with van der Waals surface area (Å²) in [6, 6.07) is 1.05. The van der Waals surface area contributed by atoms with Crippen LogP contribution in [0.1, 0.15) is 27.2 Å². The summed E-state index contributed by atoms with van der Waals surface area (Å²) in [6.45, 7) is 5.97. The van der Waals surface area contributed by atoms with Crippen LogP contribution < -0.4 is 0 Å². The summed E-state index contributed by atoms with van der Waals surface area (Å²) in [7, 11) is 2.08. The number of alkyl halides is 1. The van der Waals surface area contributed by atoms with Crippen molar-refractivity contribution in [3.63, 3.8) is 0 Å². The first-order valence-electron chi connectivity index (χ1n) is 4.40. The second kappa shape index (κ2) is 3.10. The molecule has 0 bridgehead atoms. The molecule has 0 spiro atoms. The van der Waals surface area contributed by atoms with E-state index in [0.29, 0.717) is 18.0 Å². The van der Waals surface area contributed by atoms with Crippen LogP contribution in [0.4, 0.5) is 4.39 Å². The van der Waals surface area contributed by atoms with Crippen LogP contribution >= 0.6 is 0 Å². The molecule has 11 heavy (non-hydrogen) atoms. The van der Waals surface area contributed by atoms with E-state index in [-0.39, 0.29) is 0 Å². The van der Waals surface area contributed by atoms with E-state index in [1.54, 1.807) is 6.92 Å². The maximum atomic E-state index is 12.7. The molecule has 3 unspecified atom stereocenters. The van der Waals surface area contributed by atoms with Crippen LogP contribution in [0.5, 0.6) is 0 Å². The van der Waals surface area contributed by atoms with E-state index in [0.717, 1.165) is 6.42 Å². The molecule has 0 saturated heterocycles. The third-order valence-corrected chi connectivity index (χ3v) is 2.73. The Labute approximate surface area is 68.6 Å². The summed E-state index contributed by atoms with van der Waals surface area (Å²) >= 11 is 0. The first-order valence-corrected chi connectivity index (χ1v) is 4.40. The van der Waals surface area contributed by atoms with Gasteiger partial charge < -0.3 is 4.90 Å². The van der Waals surface area contributed by atoms with Crippen molar-refractivity contribution in [1.29, 1.82) is 0 Å². The van der Waals surface area contributed by atoms with Crippen molar-refractivity contribution in [2.75, 3.05) is 7.05 Å². The Morgan fingerprint density at radius 3 is 2.18 bits per heavy atom. The predicted octanol–water partition coefficient (Wildman–Crippen LogP) is 2.07. The summed E-state index contributed by atoms with van der Waals surface area (Å²) in [5.74, 6) is 0.308. The van der Waals surface area contributed by atoms with E-state index in [1.807, 2.05) is 0 Å². The lowest BCUT2D eigenvalue weighted by Gasteiger charge is -2.21. The Hall–Kier alpha value is -0.110. The van der Waals surface area contributed by atoms with Crippen LogP contribution in [0, 0.1) is 5.92 Å². The van der Waals surface area contributed by atoms with Crippen molar-refractivity contribution >= 4 is 0 Å². The van der Waals surface area contributed by atoms with Crippen LogP contribution in [0.15, 0.2) is 0 Å². The molecule has 3 atom stereocenters. The molecule has 0 amide bonds. The largest absolute Gasteiger partial charge is 0.301 e. The lowest BCUT2D eigenvalue weighted by atomic mass is 10.2. The zero-order valence-corrected chi connectivity index (χ0v) is 7.84. The van der Waals surface area contributed by atoms with E-state index in [2.05, 4.69) is 25.8 Å². The van der Waals surface area contributed by atoms with Crippen LogP contribution in [0.2, 0.25) is 0 Å². The van der Waals surface area contributed by atoms with Crippen molar-refractivity contribution < 1.29 is 4.39 Å². The quantitative estimate of drug-likeness (QED) is 0.609. The first kappa shape index (κ1) is 8.98. The molecule has 0 N–H and O–H groups in total. The highest BCUT2D eigenvalue weighted by molar-refractivity contribution is 4.97. The van der Waals surface area contributed by atoms with Gasteiger partial charge in [-0.2, -0.15) is 0 Å². The van der Waals surface area contributed by atoms with Crippen molar-refractivity contribution in [3.05, 3.63) is 0 Å². The zero-order valence-electron chi connectivity index (χ0n) is 7.84. The van der Waals surface area contributed by atoms with Gasteiger partial charge in [-0.25, -0.2) is 4.39 Å². The lowest BCUT2D eigenvalue weighted by Crippen LogP contribution is -2.30. The van der Waals surface area contributed by atoms with Crippen molar-refractivity contribution in [3.8, 4) is 0 Å². The smallest absolute Gasteiger partial charge is 0.102 e. The summed E-state index contributed by atoms with van der Waals surface area (Å²) in [4.78, 5) is 2.26. The van der Waals surface area contributed by atoms with E-state index in [4.69, 9.17) is 0 Å². The van der Waals surface area contributed by atoms with Gasteiger partial charge in [-0.15, -0.1) is 0 Å². The fourth-order valence-electron chi connectivity index (χ4n) is 1.55. The molecule has 1 aliphatic rings. The minimum atomic E-state index is -0.624. The number of halogens is 1. The SMILES string of the molecule is CC(F)C1CC1N(C)C(C)C. The number of nitrogens with zero attached hydrogens (tertiary/aromatic N) is 1. The summed E-state index contributed by atoms with van der Waals surface area (Å²) in [6.07, 6.45) is 0.424. The molecular formula is C9H18FN.